The molecule has 1 aliphatic carbocycles. The highest BCUT2D eigenvalue weighted by Gasteiger charge is 2.58. The van der Waals surface area contributed by atoms with Gasteiger partial charge in [0.25, 0.3) is 0 Å². The fourth-order valence-electron chi connectivity index (χ4n) is 6.50. The first-order valence-electron chi connectivity index (χ1n) is 14.3. The molecule has 206 valence electrons. The second-order valence-electron chi connectivity index (χ2n) is 12.1. The number of nitrogens with zero attached hydrogens (tertiary/aromatic N) is 2. The van der Waals surface area contributed by atoms with Gasteiger partial charge in [-0.2, -0.15) is 13.2 Å². The van der Waals surface area contributed by atoms with Crippen LogP contribution >= 0.6 is 0 Å². The molecule has 2 aromatic carbocycles. The Labute approximate surface area is 224 Å². The summed E-state index contributed by atoms with van der Waals surface area (Å²) in [5.41, 5.74) is 3.24. The highest BCUT2D eigenvalue weighted by molar-refractivity contribution is 5.69. The third-order valence-electron chi connectivity index (χ3n) is 9.38. The van der Waals surface area contributed by atoms with E-state index in [0.717, 1.165) is 60.3 Å². The van der Waals surface area contributed by atoms with Gasteiger partial charge in [0.15, 0.2) is 0 Å². The van der Waals surface area contributed by atoms with Gasteiger partial charge >= 0.3 is 6.18 Å². The number of alkyl halides is 3. The third-order valence-corrected chi connectivity index (χ3v) is 9.38. The monoisotopic (exact) mass is 528 g/mol. The molecule has 3 fully saturated rings. The van der Waals surface area contributed by atoms with Crippen LogP contribution < -0.4 is 0 Å². The Morgan fingerprint density at radius 1 is 0.974 bits per heavy atom. The molecule has 0 N–H and O–H groups in total. The van der Waals surface area contributed by atoms with Crippen molar-refractivity contribution in [1.29, 1.82) is 0 Å². The van der Waals surface area contributed by atoms with Crippen molar-refractivity contribution in [2.24, 2.45) is 17.3 Å². The largest absolute Gasteiger partial charge is 0.395 e. The van der Waals surface area contributed by atoms with Crippen LogP contribution in [0.2, 0.25) is 0 Å². The second kappa shape index (κ2) is 11.0. The Morgan fingerprint density at radius 3 is 2.21 bits per heavy atom. The van der Waals surface area contributed by atoms with Gasteiger partial charge in [-0.25, -0.2) is 4.39 Å². The van der Waals surface area contributed by atoms with E-state index in [4.69, 9.17) is 0 Å². The maximum Gasteiger partial charge on any atom is 0.395 e. The van der Waals surface area contributed by atoms with Crippen molar-refractivity contribution in [2.45, 2.75) is 64.5 Å². The fourth-order valence-corrected chi connectivity index (χ4v) is 6.50. The maximum atomic E-state index is 15.0. The van der Waals surface area contributed by atoms with Crippen LogP contribution in [-0.2, 0) is 6.42 Å². The van der Waals surface area contributed by atoms with Gasteiger partial charge < -0.3 is 9.80 Å². The SMILES string of the molecule is C=C(c1ccc(-c2ccc(CCC3CCN(CC4(C(F)(F)F)CCC4)CC3)c(F)c2)cc1)N1CCC(C)C1. The van der Waals surface area contributed by atoms with Gasteiger partial charge in [-0.05, 0) is 98.2 Å². The molecule has 0 amide bonds. The van der Waals surface area contributed by atoms with Crippen molar-refractivity contribution in [3.8, 4) is 11.1 Å². The second-order valence-corrected chi connectivity index (χ2v) is 12.1. The standard InChI is InChI=1S/C32H40F4N2/c1-23-12-19-38(21-23)24(2)26-6-8-27(9-7-26)29-11-10-28(30(33)20-29)5-4-25-13-17-37(18-14-25)22-31(15-3-16-31)32(34,35)36/h6-11,20,23,25H,2-5,12-19,21-22H2,1H3. The van der Waals surface area contributed by atoms with Crippen LogP contribution in [0.4, 0.5) is 17.6 Å². The molecule has 1 atom stereocenters. The summed E-state index contributed by atoms with van der Waals surface area (Å²) in [5.74, 6) is 0.951. The van der Waals surface area contributed by atoms with Gasteiger partial charge in [-0.15, -0.1) is 0 Å². The average molecular weight is 529 g/mol. The van der Waals surface area contributed by atoms with Gasteiger partial charge in [0.2, 0.25) is 0 Å². The first-order chi connectivity index (χ1) is 18.1. The van der Waals surface area contributed by atoms with E-state index in [9.17, 15) is 13.2 Å². The molecule has 2 nitrogen and oxygen atoms in total. The predicted octanol–water partition coefficient (Wildman–Crippen LogP) is 8.18. The molecule has 1 saturated carbocycles. The van der Waals surface area contributed by atoms with Crippen molar-refractivity contribution in [3.63, 3.8) is 0 Å². The average Bonchev–Trinajstić information content (AvgIpc) is 3.31. The van der Waals surface area contributed by atoms with E-state index in [1.165, 1.54) is 6.42 Å². The quantitative estimate of drug-likeness (QED) is 0.319. The molecule has 2 aromatic rings. The molecule has 0 radical (unpaired) electrons. The van der Waals surface area contributed by atoms with E-state index in [1.54, 1.807) is 6.07 Å². The maximum absolute atomic E-state index is 15.0. The van der Waals surface area contributed by atoms with Gasteiger partial charge in [0.1, 0.15) is 5.82 Å². The molecule has 0 aromatic heterocycles. The van der Waals surface area contributed by atoms with Crippen LogP contribution in [0, 0.1) is 23.1 Å². The van der Waals surface area contributed by atoms with Crippen LogP contribution in [-0.4, -0.2) is 48.7 Å². The Kier molecular flexibility index (Phi) is 7.91. The van der Waals surface area contributed by atoms with Crippen LogP contribution in [0.25, 0.3) is 16.8 Å². The minimum absolute atomic E-state index is 0.145. The van der Waals surface area contributed by atoms with E-state index >= 15 is 4.39 Å². The lowest BCUT2D eigenvalue weighted by molar-refractivity contribution is -0.256. The zero-order chi connectivity index (χ0) is 26.9. The molecule has 0 bridgehead atoms. The Bertz CT molecular complexity index is 1110. The molecule has 2 heterocycles. The molecule has 5 rings (SSSR count). The minimum Gasteiger partial charge on any atom is -0.371 e. The van der Waals surface area contributed by atoms with Crippen LogP contribution in [0.5, 0.6) is 0 Å². The highest BCUT2D eigenvalue weighted by Crippen LogP contribution is 2.53. The summed E-state index contributed by atoms with van der Waals surface area (Å²) >= 11 is 0. The number of piperidine rings is 1. The van der Waals surface area contributed by atoms with Gasteiger partial charge in [0, 0.05) is 25.3 Å². The van der Waals surface area contributed by atoms with Crippen LogP contribution in [0.1, 0.15) is 63.0 Å². The number of hydrogen-bond donors (Lipinski definition) is 0. The number of halogens is 4. The lowest BCUT2D eigenvalue weighted by Gasteiger charge is -2.47. The molecular weight excluding hydrogens is 488 g/mol. The summed E-state index contributed by atoms with van der Waals surface area (Å²) in [6, 6.07) is 13.7. The highest BCUT2D eigenvalue weighted by atomic mass is 19.4. The fraction of sp³-hybridized carbons (Fsp3) is 0.562. The number of benzene rings is 2. The van der Waals surface area contributed by atoms with E-state index in [2.05, 4.69) is 30.5 Å². The molecule has 1 unspecified atom stereocenters. The number of rotatable bonds is 8. The lowest BCUT2D eigenvalue weighted by Crippen LogP contribution is -2.53. The van der Waals surface area contributed by atoms with Crippen LogP contribution in [0.3, 0.4) is 0 Å². The number of likely N-dealkylation sites (tertiary alicyclic amines) is 2. The zero-order valence-electron chi connectivity index (χ0n) is 22.5. The number of aryl methyl sites for hydroxylation is 1. The predicted molar refractivity (Wildman–Crippen MR) is 146 cm³/mol. The summed E-state index contributed by atoms with van der Waals surface area (Å²) < 4.78 is 55.6. The Balaban J connectivity index is 1.11. The number of hydrogen-bond acceptors (Lipinski definition) is 2. The van der Waals surface area contributed by atoms with Gasteiger partial charge in [-0.1, -0.05) is 56.3 Å². The van der Waals surface area contributed by atoms with E-state index in [0.29, 0.717) is 37.8 Å². The molecule has 2 saturated heterocycles. The van der Waals surface area contributed by atoms with E-state index < -0.39 is 11.6 Å². The molecular formula is C32H40F4N2. The molecule has 3 aliphatic rings. The van der Waals surface area contributed by atoms with Gasteiger partial charge in [-0.3, -0.25) is 0 Å². The van der Waals surface area contributed by atoms with E-state index in [-0.39, 0.29) is 25.2 Å². The zero-order valence-corrected chi connectivity index (χ0v) is 22.5. The summed E-state index contributed by atoms with van der Waals surface area (Å²) in [6.45, 7) is 10.2. The topological polar surface area (TPSA) is 6.48 Å². The Hall–Kier alpha value is -2.34. The van der Waals surface area contributed by atoms with Crippen molar-refractivity contribution in [2.75, 3.05) is 32.7 Å². The molecule has 6 heteroatoms. The first-order valence-corrected chi connectivity index (χ1v) is 14.3. The molecule has 38 heavy (non-hydrogen) atoms. The minimum atomic E-state index is -4.10. The van der Waals surface area contributed by atoms with Crippen molar-refractivity contribution < 1.29 is 17.6 Å². The summed E-state index contributed by atoms with van der Waals surface area (Å²) in [7, 11) is 0. The summed E-state index contributed by atoms with van der Waals surface area (Å²) in [4.78, 5) is 4.34. The Morgan fingerprint density at radius 2 is 1.66 bits per heavy atom. The lowest BCUT2D eigenvalue weighted by atomic mass is 9.67. The normalized spacial score (nSPS) is 22.4. The smallest absolute Gasteiger partial charge is 0.371 e. The third kappa shape index (κ3) is 5.80. The molecule has 2 aliphatic heterocycles. The summed E-state index contributed by atoms with van der Waals surface area (Å²) in [6.07, 6.45) is 1.63. The first kappa shape index (κ1) is 27.2. The molecule has 0 spiro atoms. The van der Waals surface area contributed by atoms with Crippen LogP contribution in [0.15, 0.2) is 49.0 Å². The van der Waals surface area contributed by atoms with Crippen molar-refractivity contribution >= 4 is 5.70 Å². The van der Waals surface area contributed by atoms with E-state index in [1.807, 2.05) is 29.2 Å². The summed E-state index contributed by atoms with van der Waals surface area (Å²) in [5, 5.41) is 0. The van der Waals surface area contributed by atoms with Crippen molar-refractivity contribution in [3.05, 3.63) is 66.0 Å². The van der Waals surface area contributed by atoms with Gasteiger partial charge in [0.05, 0.1) is 5.41 Å². The van der Waals surface area contributed by atoms with Crippen molar-refractivity contribution in [1.82, 2.24) is 9.80 Å².